The van der Waals surface area contributed by atoms with E-state index in [0.29, 0.717) is 18.0 Å². The normalized spacial score (nSPS) is 23.7. The Kier molecular flexibility index (Phi) is 5.07. The Morgan fingerprint density at radius 3 is 2.74 bits per heavy atom. The van der Waals surface area contributed by atoms with Gasteiger partial charge in [-0.15, -0.1) is 0 Å². The van der Waals surface area contributed by atoms with Crippen molar-refractivity contribution in [1.29, 1.82) is 0 Å². The van der Waals surface area contributed by atoms with E-state index in [1.54, 1.807) is 0 Å². The van der Waals surface area contributed by atoms with E-state index >= 15 is 0 Å². The SMILES string of the molecule is CC(C)NCC1CCCC1c1c(Br)cnn1C(C)C. The van der Waals surface area contributed by atoms with Crippen molar-refractivity contribution in [3.8, 4) is 0 Å². The minimum atomic E-state index is 0.431. The maximum Gasteiger partial charge on any atom is 0.0635 e. The van der Waals surface area contributed by atoms with Crippen LogP contribution in [0.1, 0.15) is 64.6 Å². The molecule has 3 nitrogen and oxygen atoms in total. The van der Waals surface area contributed by atoms with Crippen molar-refractivity contribution in [3.05, 3.63) is 16.4 Å². The van der Waals surface area contributed by atoms with Crippen LogP contribution in [0.3, 0.4) is 0 Å². The smallest absolute Gasteiger partial charge is 0.0635 e. The van der Waals surface area contributed by atoms with Gasteiger partial charge < -0.3 is 5.32 Å². The quantitative estimate of drug-likeness (QED) is 0.881. The molecular weight excluding hydrogens is 302 g/mol. The van der Waals surface area contributed by atoms with Gasteiger partial charge >= 0.3 is 0 Å². The molecule has 2 rings (SSSR count). The highest BCUT2D eigenvalue weighted by molar-refractivity contribution is 9.10. The minimum absolute atomic E-state index is 0.431. The van der Waals surface area contributed by atoms with Crippen molar-refractivity contribution in [3.63, 3.8) is 0 Å². The summed E-state index contributed by atoms with van der Waals surface area (Å²) in [4.78, 5) is 0. The molecular formula is C15H26BrN3. The maximum absolute atomic E-state index is 4.54. The highest BCUT2D eigenvalue weighted by Gasteiger charge is 2.32. The number of nitrogens with one attached hydrogen (secondary N) is 1. The average Bonchev–Trinajstić information content (AvgIpc) is 2.91. The molecule has 2 unspecified atom stereocenters. The summed E-state index contributed by atoms with van der Waals surface area (Å²) in [6.07, 6.45) is 5.92. The molecule has 1 aromatic rings. The number of halogens is 1. The van der Waals surface area contributed by atoms with E-state index in [1.165, 1.54) is 29.4 Å². The number of hydrogen-bond donors (Lipinski definition) is 1. The number of rotatable bonds is 5. The van der Waals surface area contributed by atoms with Crippen molar-refractivity contribution in [2.45, 2.75) is 65.0 Å². The monoisotopic (exact) mass is 327 g/mol. The van der Waals surface area contributed by atoms with Gasteiger partial charge in [0.15, 0.2) is 0 Å². The lowest BCUT2D eigenvalue weighted by Crippen LogP contribution is -2.30. The Bertz CT molecular complexity index is 412. The van der Waals surface area contributed by atoms with Crippen molar-refractivity contribution >= 4 is 15.9 Å². The van der Waals surface area contributed by atoms with E-state index in [1.807, 2.05) is 6.20 Å². The molecule has 0 radical (unpaired) electrons. The molecule has 2 atom stereocenters. The van der Waals surface area contributed by atoms with E-state index in [-0.39, 0.29) is 0 Å². The Morgan fingerprint density at radius 1 is 1.37 bits per heavy atom. The van der Waals surface area contributed by atoms with Crippen LogP contribution < -0.4 is 5.32 Å². The predicted octanol–water partition coefficient (Wildman–Crippen LogP) is 4.11. The van der Waals surface area contributed by atoms with Crippen LogP contribution in [0.5, 0.6) is 0 Å². The summed E-state index contributed by atoms with van der Waals surface area (Å²) in [6, 6.07) is 1.00. The largest absolute Gasteiger partial charge is 0.314 e. The lowest BCUT2D eigenvalue weighted by molar-refractivity contribution is 0.392. The number of hydrogen-bond acceptors (Lipinski definition) is 2. The number of aromatic nitrogens is 2. The van der Waals surface area contributed by atoms with Crippen LogP contribution in [0.15, 0.2) is 10.7 Å². The van der Waals surface area contributed by atoms with Crippen LogP contribution >= 0.6 is 15.9 Å². The van der Waals surface area contributed by atoms with Crippen LogP contribution in [-0.4, -0.2) is 22.4 Å². The zero-order valence-electron chi connectivity index (χ0n) is 12.5. The van der Waals surface area contributed by atoms with Crippen LogP contribution in [0.4, 0.5) is 0 Å². The van der Waals surface area contributed by atoms with Gasteiger partial charge in [-0.05, 0) is 55.1 Å². The van der Waals surface area contributed by atoms with Gasteiger partial charge in [0.05, 0.1) is 16.4 Å². The van der Waals surface area contributed by atoms with E-state index in [0.717, 1.165) is 12.5 Å². The third-order valence-corrected chi connectivity index (χ3v) is 4.69. The molecule has 1 aliphatic rings. The fraction of sp³-hybridized carbons (Fsp3) is 0.800. The van der Waals surface area contributed by atoms with Gasteiger partial charge in [-0.3, -0.25) is 4.68 Å². The number of nitrogens with zero attached hydrogens (tertiary/aromatic N) is 2. The molecule has 4 heteroatoms. The van der Waals surface area contributed by atoms with Gasteiger partial charge in [-0.2, -0.15) is 5.10 Å². The van der Waals surface area contributed by atoms with E-state index < -0.39 is 0 Å². The summed E-state index contributed by atoms with van der Waals surface area (Å²) in [6.45, 7) is 9.98. The zero-order chi connectivity index (χ0) is 14.0. The van der Waals surface area contributed by atoms with Gasteiger partial charge in [-0.25, -0.2) is 0 Å². The molecule has 1 saturated carbocycles. The highest BCUT2D eigenvalue weighted by atomic mass is 79.9. The highest BCUT2D eigenvalue weighted by Crippen LogP contribution is 2.42. The molecule has 1 heterocycles. The predicted molar refractivity (Wildman–Crippen MR) is 83.5 cm³/mol. The summed E-state index contributed by atoms with van der Waals surface area (Å²) >= 11 is 3.70. The van der Waals surface area contributed by atoms with Crippen LogP contribution in [0.2, 0.25) is 0 Å². The Labute approximate surface area is 125 Å². The van der Waals surface area contributed by atoms with Crippen molar-refractivity contribution in [1.82, 2.24) is 15.1 Å². The molecule has 0 bridgehead atoms. The lowest BCUT2D eigenvalue weighted by Gasteiger charge is -2.24. The average molecular weight is 328 g/mol. The lowest BCUT2D eigenvalue weighted by atomic mass is 9.92. The molecule has 1 N–H and O–H groups in total. The maximum atomic E-state index is 4.54. The molecule has 0 spiro atoms. The Balaban J connectivity index is 2.17. The molecule has 108 valence electrons. The molecule has 0 saturated heterocycles. The van der Waals surface area contributed by atoms with E-state index in [2.05, 4.69) is 58.7 Å². The van der Waals surface area contributed by atoms with Gasteiger partial charge in [0.1, 0.15) is 0 Å². The standard InChI is InChI=1S/C15H26BrN3/c1-10(2)17-8-12-6-5-7-13(12)15-14(16)9-18-19(15)11(3)4/h9-13,17H,5-8H2,1-4H3. The summed E-state index contributed by atoms with van der Waals surface area (Å²) in [7, 11) is 0. The van der Waals surface area contributed by atoms with Gasteiger partial charge in [0, 0.05) is 18.0 Å². The minimum Gasteiger partial charge on any atom is -0.314 e. The summed E-state index contributed by atoms with van der Waals surface area (Å²) < 4.78 is 3.38. The van der Waals surface area contributed by atoms with Crippen molar-refractivity contribution in [2.24, 2.45) is 5.92 Å². The summed E-state index contributed by atoms with van der Waals surface area (Å²) in [5.74, 6) is 1.39. The first-order valence-corrected chi connectivity index (χ1v) is 8.26. The fourth-order valence-corrected chi connectivity index (χ4v) is 3.70. The van der Waals surface area contributed by atoms with Crippen LogP contribution in [0, 0.1) is 5.92 Å². The molecule has 1 aliphatic carbocycles. The third kappa shape index (κ3) is 3.40. The first-order valence-electron chi connectivity index (χ1n) is 7.47. The second-order valence-corrected chi connectivity index (χ2v) is 7.13. The fourth-order valence-electron chi connectivity index (χ4n) is 3.14. The first kappa shape index (κ1) is 15.0. The van der Waals surface area contributed by atoms with Crippen molar-refractivity contribution in [2.75, 3.05) is 6.54 Å². The third-order valence-electron chi connectivity index (χ3n) is 4.07. The topological polar surface area (TPSA) is 29.9 Å². The molecule has 0 amide bonds. The Hall–Kier alpha value is -0.350. The van der Waals surface area contributed by atoms with Gasteiger partial charge in [-0.1, -0.05) is 20.3 Å². The molecule has 0 aromatic carbocycles. The molecule has 0 aliphatic heterocycles. The van der Waals surface area contributed by atoms with Gasteiger partial charge in [0.2, 0.25) is 0 Å². The van der Waals surface area contributed by atoms with Crippen LogP contribution in [0.25, 0.3) is 0 Å². The van der Waals surface area contributed by atoms with E-state index in [9.17, 15) is 0 Å². The second kappa shape index (κ2) is 6.40. The first-order chi connectivity index (χ1) is 9.00. The zero-order valence-corrected chi connectivity index (χ0v) is 14.1. The second-order valence-electron chi connectivity index (χ2n) is 6.28. The van der Waals surface area contributed by atoms with Crippen LogP contribution in [-0.2, 0) is 0 Å². The molecule has 1 aromatic heterocycles. The molecule has 1 fully saturated rings. The summed E-state index contributed by atoms with van der Waals surface area (Å²) in [5.41, 5.74) is 1.41. The van der Waals surface area contributed by atoms with Gasteiger partial charge in [0.25, 0.3) is 0 Å². The van der Waals surface area contributed by atoms with Crippen molar-refractivity contribution < 1.29 is 0 Å². The Morgan fingerprint density at radius 2 is 2.11 bits per heavy atom. The molecule has 19 heavy (non-hydrogen) atoms. The van der Waals surface area contributed by atoms with E-state index in [4.69, 9.17) is 0 Å². The summed E-state index contributed by atoms with van der Waals surface area (Å²) in [5, 5.41) is 8.14.